The average Bonchev–Trinajstić information content (AvgIpc) is 2.01. The summed E-state index contributed by atoms with van der Waals surface area (Å²) < 4.78 is 0. The molecule has 1 unspecified atom stereocenters. The van der Waals surface area contributed by atoms with Crippen LogP contribution in [0.15, 0.2) is 0 Å². The molecule has 3 nitrogen and oxygen atoms in total. The largest absolute Gasteiger partial charge is 0.315 e. The second-order valence-corrected chi connectivity index (χ2v) is 5.60. The van der Waals surface area contributed by atoms with Gasteiger partial charge in [0.05, 0.1) is 0 Å². The molecule has 0 aromatic heterocycles. The Balaban J connectivity index is 2.12. The number of rotatable bonds is 3. The minimum Gasteiger partial charge on any atom is -0.315 e. The topological polar surface area (TPSA) is 27.3 Å². The van der Waals surface area contributed by atoms with E-state index in [1.54, 1.807) is 0 Å². The van der Waals surface area contributed by atoms with E-state index in [9.17, 15) is 0 Å². The van der Waals surface area contributed by atoms with Gasteiger partial charge >= 0.3 is 0 Å². The van der Waals surface area contributed by atoms with E-state index in [1.807, 2.05) is 0 Å². The number of hydrogen-bond donors (Lipinski definition) is 2. The smallest absolute Gasteiger partial charge is 0.0320 e. The Labute approximate surface area is 88.2 Å². The van der Waals surface area contributed by atoms with Crippen LogP contribution in [0.5, 0.6) is 0 Å². The number of hydrogen-bond acceptors (Lipinski definition) is 3. The van der Waals surface area contributed by atoms with Gasteiger partial charge in [-0.3, -0.25) is 0 Å². The Kier molecular flexibility index (Phi) is 4.35. The lowest BCUT2D eigenvalue weighted by atomic mass is 9.97. The normalized spacial score (nSPS) is 25.3. The molecule has 1 heterocycles. The van der Waals surface area contributed by atoms with Crippen LogP contribution in [0.4, 0.5) is 0 Å². The van der Waals surface area contributed by atoms with E-state index in [2.05, 4.69) is 43.4 Å². The van der Waals surface area contributed by atoms with Crippen LogP contribution in [0.2, 0.25) is 0 Å². The Morgan fingerprint density at radius 3 is 2.71 bits per heavy atom. The van der Waals surface area contributed by atoms with Gasteiger partial charge in [-0.05, 0) is 12.5 Å². The lowest BCUT2D eigenvalue weighted by molar-refractivity contribution is 0.230. The number of likely N-dealkylation sites (N-methyl/N-ethyl adjacent to an activating group) is 1. The van der Waals surface area contributed by atoms with Gasteiger partial charge in [-0.25, -0.2) is 0 Å². The van der Waals surface area contributed by atoms with Gasteiger partial charge < -0.3 is 15.5 Å². The maximum absolute atomic E-state index is 3.53. The van der Waals surface area contributed by atoms with E-state index in [1.165, 1.54) is 6.54 Å². The summed E-state index contributed by atoms with van der Waals surface area (Å²) in [6.07, 6.45) is 0. The molecular weight excluding hydrogens is 174 g/mol. The fraction of sp³-hybridized carbons (Fsp3) is 1.00. The van der Waals surface area contributed by atoms with Crippen molar-refractivity contribution in [2.24, 2.45) is 5.41 Å². The zero-order chi connectivity index (χ0) is 10.6. The zero-order valence-corrected chi connectivity index (χ0v) is 10.1. The Hall–Kier alpha value is -0.120. The summed E-state index contributed by atoms with van der Waals surface area (Å²) in [4.78, 5) is 2.39. The predicted octanol–water partition coefficient (Wildman–Crippen LogP) is 0.526. The van der Waals surface area contributed by atoms with E-state index in [-0.39, 0.29) is 0 Å². The van der Waals surface area contributed by atoms with Gasteiger partial charge in [0.1, 0.15) is 0 Å². The van der Waals surface area contributed by atoms with Gasteiger partial charge in [0.25, 0.3) is 0 Å². The van der Waals surface area contributed by atoms with E-state index in [0.29, 0.717) is 11.5 Å². The molecule has 1 saturated heterocycles. The van der Waals surface area contributed by atoms with Crippen molar-refractivity contribution in [3.8, 4) is 0 Å². The van der Waals surface area contributed by atoms with Crippen molar-refractivity contribution >= 4 is 0 Å². The van der Waals surface area contributed by atoms with E-state index < -0.39 is 0 Å². The quantitative estimate of drug-likeness (QED) is 0.694. The minimum atomic E-state index is 0.389. The molecule has 0 spiro atoms. The SMILES string of the molecule is CN1CCNC(CNCC(C)(C)C)C1. The first-order valence-corrected chi connectivity index (χ1v) is 5.60. The van der Waals surface area contributed by atoms with Crippen LogP contribution >= 0.6 is 0 Å². The molecule has 1 fully saturated rings. The molecule has 0 aromatic rings. The maximum atomic E-state index is 3.53. The van der Waals surface area contributed by atoms with Gasteiger partial charge in [-0.15, -0.1) is 0 Å². The summed E-state index contributed by atoms with van der Waals surface area (Å²) in [5, 5.41) is 7.06. The molecule has 84 valence electrons. The molecular formula is C11H25N3. The zero-order valence-electron chi connectivity index (χ0n) is 10.1. The molecule has 0 aromatic carbocycles. The lowest BCUT2D eigenvalue weighted by Crippen LogP contribution is -2.53. The van der Waals surface area contributed by atoms with Crippen molar-refractivity contribution in [3.05, 3.63) is 0 Å². The van der Waals surface area contributed by atoms with E-state index >= 15 is 0 Å². The first-order chi connectivity index (χ1) is 6.47. The van der Waals surface area contributed by atoms with Gasteiger partial charge in [0.2, 0.25) is 0 Å². The summed E-state index contributed by atoms with van der Waals surface area (Å²) in [6, 6.07) is 0.621. The van der Waals surface area contributed by atoms with Crippen LogP contribution in [0.25, 0.3) is 0 Å². The molecule has 0 amide bonds. The van der Waals surface area contributed by atoms with E-state index in [4.69, 9.17) is 0 Å². The van der Waals surface area contributed by atoms with Gasteiger partial charge in [0.15, 0.2) is 0 Å². The van der Waals surface area contributed by atoms with Crippen molar-refractivity contribution in [2.75, 3.05) is 39.8 Å². The number of nitrogens with zero attached hydrogens (tertiary/aromatic N) is 1. The van der Waals surface area contributed by atoms with Crippen LogP contribution in [-0.2, 0) is 0 Å². The van der Waals surface area contributed by atoms with Crippen molar-refractivity contribution in [3.63, 3.8) is 0 Å². The number of nitrogens with one attached hydrogen (secondary N) is 2. The maximum Gasteiger partial charge on any atom is 0.0320 e. The minimum absolute atomic E-state index is 0.389. The third-order valence-corrected chi connectivity index (χ3v) is 2.50. The summed E-state index contributed by atoms with van der Waals surface area (Å²) in [5.74, 6) is 0. The molecule has 1 aliphatic rings. The first kappa shape index (κ1) is 12.0. The molecule has 0 saturated carbocycles. The molecule has 3 heteroatoms. The highest BCUT2D eigenvalue weighted by atomic mass is 15.2. The Morgan fingerprint density at radius 2 is 2.14 bits per heavy atom. The van der Waals surface area contributed by atoms with Gasteiger partial charge in [-0.2, -0.15) is 0 Å². The number of piperazine rings is 1. The lowest BCUT2D eigenvalue weighted by Gasteiger charge is -2.31. The summed E-state index contributed by atoms with van der Waals surface area (Å²) in [6.45, 7) is 12.4. The molecule has 1 aliphatic heterocycles. The second kappa shape index (κ2) is 5.10. The highest BCUT2D eigenvalue weighted by molar-refractivity contribution is 4.79. The van der Waals surface area contributed by atoms with E-state index in [0.717, 1.165) is 26.2 Å². The van der Waals surface area contributed by atoms with Crippen molar-refractivity contribution in [1.82, 2.24) is 15.5 Å². The molecule has 2 N–H and O–H groups in total. The fourth-order valence-corrected chi connectivity index (χ4v) is 1.75. The predicted molar refractivity (Wildman–Crippen MR) is 61.6 cm³/mol. The van der Waals surface area contributed by atoms with Crippen LogP contribution in [0.1, 0.15) is 20.8 Å². The van der Waals surface area contributed by atoms with Crippen LogP contribution in [0, 0.1) is 5.41 Å². The monoisotopic (exact) mass is 199 g/mol. The molecule has 1 rings (SSSR count). The second-order valence-electron chi connectivity index (χ2n) is 5.60. The van der Waals surface area contributed by atoms with Crippen LogP contribution in [0.3, 0.4) is 0 Å². The Bertz CT molecular complexity index is 162. The summed E-state index contributed by atoms with van der Waals surface area (Å²) >= 11 is 0. The van der Waals surface area contributed by atoms with Gasteiger partial charge in [-0.1, -0.05) is 20.8 Å². The molecule has 0 bridgehead atoms. The van der Waals surface area contributed by atoms with Crippen LogP contribution in [-0.4, -0.2) is 50.7 Å². The fourth-order valence-electron chi connectivity index (χ4n) is 1.75. The highest BCUT2D eigenvalue weighted by Crippen LogP contribution is 2.10. The molecule has 0 aliphatic carbocycles. The first-order valence-electron chi connectivity index (χ1n) is 5.60. The third-order valence-electron chi connectivity index (χ3n) is 2.50. The average molecular weight is 199 g/mol. The van der Waals surface area contributed by atoms with Crippen molar-refractivity contribution in [1.29, 1.82) is 0 Å². The third kappa shape index (κ3) is 4.94. The molecule has 14 heavy (non-hydrogen) atoms. The molecule has 1 atom stereocenters. The molecule has 0 radical (unpaired) electrons. The van der Waals surface area contributed by atoms with Gasteiger partial charge in [0, 0.05) is 38.8 Å². The summed E-state index contributed by atoms with van der Waals surface area (Å²) in [5.41, 5.74) is 0.389. The summed E-state index contributed by atoms with van der Waals surface area (Å²) in [7, 11) is 2.19. The van der Waals surface area contributed by atoms with Crippen molar-refractivity contribution < 1.29 is 0 Å². The van der Waals surface area contributed by atoms with Crippen molar-refractivity contribution in [2.45, 2.75) is 26.8 Å². The van der Waals surface area contributed by atoms with Crippen LogP contribution < -0.4 is 10.6 Å². The highest BCUT2D eigenvalue weighted by Gasteiger charge is 2.16. The Morgan fingerprint density at radius 1 is 1.43 bits per heavy atom. The standard InChI is InChI=1S/C11H25N3/c1-11(2,3)9-12-7-10-8-14(4)6-5-13-10/h10,12-13H,5-9H2,1-4H3.